The number of hydrogen-bond donors (Lipinski definition) is 2. The fourth-order valence-corrected chi connectivity index (χ4v) is 3.19. The van der Waals surface area contributed by atoms with E-state index in [0.29, 0.717) is 35.4 Å². The van der Waals surface area contributed by atoms with Crippen LogP contribution < -0.4 is 15.4 Å². The monoisotopic (exact) mass is 350 g/mol. The second-order valence-corrected chi connectivity index (χ2v) is 6.68. The average molecular weight is 350 g/mol. The van der Waals surface area contributed by atoms with Gasteiger partial charge in [0.05, 0.1) is 13.7 Å². The van der Waals surface area contributed by atoms with Crippen LogP contribution in [-0.2, 0) is 4.74 Å². The van der Waals surface area contributed by atoms with Gasteiger partial charge in [-0.2, -0.15) is 0 Å². The van der Waals surface area contributed by atoms with Crippen LogP contribution in [0, 0.1) is 5.92 Å². The normalized spacial score (nSPS) is 10.7. The van der Waals surface area contributed by atoms with Crippen LogP contribution in [-0.4, -0.2) is 32.3 Å². The molecule has 0 aliphatic rings. The van der Waals surface area contributed by atoms with E-state index in [9.17, 15) is 9.59 Å². The number of carbonyl (C=O) groups is 2. The lowest BCUT2D eigenvalue weighted by Gasteiger charge is -2.10. The van der Waals surface area contributed by atoms with Crippen molar-refractivity contribution >= 4 is 39.1 Å². The average Bonchev–Trinajstić information content (AvgIpc) is 2.91. The largest absolute Gasteiger partial charge is 0.491 e. The van der Waals surface area contributed by atoms with E-state index >= 15 is 0 Å². The van der Waals surface area contributed by atoms with Crippen LogP contribution in [0.15, 0.2) is 18.2 Å². The van der Waals surface area contributed by atoms with Crippen LogP contribution >= 0.6 is 11.3 Å². The summed E-state index contributed by atoms with van der Waals surface area (Å²) in [4.78, 5) is 24.2. The molecule has 2 N–H and O–H groups in total. The van der Waals surface area contributed by atoms with Crippen molar-refractivity contribution in [2.75, 3.05) is 25.6 Å². The second-order valence-electron chi connectivity index (χ2n) is 5.62. The van der Waals surface area contributed by atoms with Gasteiger partial charge in [-0.1, -0.05) is 13.8 Å². The molecule has 0 radical (unpaired) electrons. The summed E-state index contributed by atoms with van der Waals surface area (Å²) < 4.78 is 11.3. The van der Waals surface area contributed by atoms with Crippen molar-refractivity contribution in [3.05, 3.63) is 23.1 Å². The van der Waals surface area contributed by atoms with Crippen LogP contribution in [0.1, 0.15) is 30.4 Å². The fraction of sp³-hybridized carbons (Fsp3) is 0.412. The molecule has 1 aromatic carbocycles. The molecule has 0 aliphatic carbocycles. The fourth-order valence-electron chi connectivity index (χ4n) is 2.14. The van der Waals surface area contributed by atoms with E-state index in [1.54, 1.807) is 12.1 Å². The number of hydrogen-bond acceptors (Lipinski definition) is 5. The first kappa shape index (κ1) is 18.1. The zero-order chi connectivity index (χ0) is 17.7. The number of nitrogens with one attached hydrogen (secondary N) is 2. The third-order valence-electron chi connectivity index (χ3n) is 3.23. The molecule has 1 aromatic heterocycles. The maximum atomic E-state index is 11.9. The molecule has 0 aliphatic heterocycles. The van der Waals surface area contributed by atoms with E-state index in [-0.39, 0.29) is 6.03 Å². The molecule has 0 atom stereocenters. The molecule has 1 heterocycles. The van der Waals surface area contributed by atoms with Crippen molar-refractivity contribution < 1.29 is 19.1 Å². The van der Waals surface area contributed by atoms with Gasteiger partial charge in [-0.3, -0.25) is 0 Å². The van der Waals surface area contributed by atoms with Crippen molar-refractivity contribution in [3.63, 3.8) is 0 Å². The van der Waals surface area contributed by atoms with Crippen LogP contribution in [0.25, 0.3) is 10.1 Å². The van der Waals surface area contributed by atoms with E-state index in [4.69, 9.17) is 9.47 Å². The van der Waals surface area contributed by atoms with Gasteiger partial charge in [-0.25, -0.2) is 9.59 Å². The van der Waals surface area contributed by atoms with Gasteiger partial charge in [0.15, 0.2) is 10.6 Å². The minimum absolute atomic E-state index is 0.260. The number of methoxy groups -OCH3 is 1. The second kappa shape index (κ2) is 8.01. The van der Waals surface area contributed by atoms with E-state index < -0.39 is 5.97 Å². The van der Waals surface area contributed by atoms with E-state index in [2.05, 4.69) is 10.6 Å². The summed E-state index contributed by atoms with van der Waals surface area (Å²) in [6, 6.07) is 5.19. The first-order valence-corrected chi connectivity index (χ1v) is 8.60. The minimum atomic E-state index is -0.427. The van der Waals surface area contributed by atoms with Gasteiger partial charge in [-0.05, 0) is 31.0 Å². The number of thiophene rings is 1. The van der Waals surface area contributed by atoms with Crippen LogP contribution in [0.5, 0.6) is 5.75 Å². The summed E-state index contributed by atoms with van der Waals surface area (Å²) in [6.07, 6.45) is 0. The summed E-state index contributed by atoms with van der Waals surface area (Å²) >= 11 is 1.31. The van der Waals surface area contributed by atoms with E-state index in [1.165, 1.54) is 18.4 Å². The third-order valence-corrected chi connectivity index (χ3v) is 4.36. The van der Waals surface area contributed by atoms with Crippen molar-refractivity contribution in [1.82, 2.24) is 5.32 Å². The van der Waals surface area contributed by atoms with Gasteiger partial charge in [0.25, 0.3) is 0 Å². The number of esters is 1. The number of ether oxygens (including phenoxy) is 2. The van der Waals surface area contributed by atoms with Crippen LogP contribution in [0.4, 0.5) is 10.5 Å². The SMILES string of the molecule is CCOc1c(C(=O)OC)sc2ccc(NC(=O)NCC(C)C)cc12. The van der Waals surface area contributed by atoms with E-state index in [1.807, 2.05) is 26.8 Å². The van der Waals surface area contributed by atoms with Gasteiger partial charge < -0.3 is 20.1 Å². The molecule has 0 saturated heterocycles. The molecule has 2 amide bonds. The predicted octanol–water partition coefficient (Wildman–Crippen LogP) is 3.86. The van der Waals surface area contributed by atoms with Crippen LogP contribution in [0.3, 0.4) is 0 Å². The number of carbonyl (C=O) groups excluding carboxylic acids is 2. The molecule has 6 nitrogen and oxygen atoms in total. The number of urea groups is 1. The summed E-state index contributed by atoms with van der Waals surface area (Å²) in [5.41, 5.74) is 0.638. The summed E-state index contributed by atoms with van der Waals surface area (Å²) in [6.45, 7) is 6.94. The number of anilines is 1. The topological polar surface area (TPSA) is 76.7 Å². The Kier molecular flexibility index (Phi) is 6.03. The number of fused-ring (bicyclic) bond motifs is 1. The lowest BCUT2D eigenvalue weighted by atomic mass is 10.2. The molecule has 130 valence electrons. The minimum Gasteiger partial charge on any atom is -0.491 e. The first-order valence-electron chi connectivity index (χ1n) is 7.78. The van der Waals surface area contributed by atoms with Gasteiger partial charge in [0.1, 0.15) is 0 Å². The van der Waals surface area contributed by atoms with Crippen LogP contribution in [0.2, 0.25) is 0 Å². The molecule has 24 heavy (non-hydrogen) atoms. The highest BCUT2D eigenvalue weighted by molar-refractivity contribution is 7.21. The summed E-state index contributed by atoms with van der Waals surface area (Å²) in [5.74, 6) is 0.446. The number of rotatable bonds is 6. The van der Waals surface area contributed by atoms with E-state index in [0.717, 1.165) is 10.1 Å². The van der Waals surface area contributed by atoms with Crippen molar-refractivity contribution in [3.8, 4) is 5.75 Å². The standard InChI is InChI=1S/C17H22N2O4S/c1-5-23-14-12-8-11(19-17(21)18-9-10(2)3)6-7-13(12)24-15(14)16(20)22-4/h6-8,10H,5,9H2,1-4H3,(H2,18,19,21). The molecule has 2 rings (SSSR count). The molecule has 2 aromatic rings. The Bertz CT molecular complexity index is 740. The van der Waals surface area contributed by atoms with Gasteiger partial charge in [0.2, 0.25) is 0 Å². The molecular weight excluding hydrogens is 328 g/mol. The van der Waals surface area contributed by atoms with Gasteiger partial charge in [-0.15, -0.1) is 11.3 Å². The Morgan fingerprint density at radius 2 is 2.04 bits per heavy atom. The maximum absolute atomic E-state index is 11.9. The molecule has 0 saturated carbocycles. The maximum Gasteiger partial charge on any atom is 0.351 e. The first-order chi connectivity index (χ1) is 11.5. The molecule has 7 heteroatoms. The van der Waals surface area contributed by atoms with Crippen molar-refractivity contribution in [1.29, 1.82) is 0 Å². The number of benzene rings is 1. The van der Waals surface area contributed by atoms with Gasteiger partial charge >= 0.3 is 12.0 Å². The Hall–Kier alpha value is -2.28. The zero-order valence-corrected chi connectivity index (χ0v) is 15.1. The van der Waals surface area contributed by atoms with Gasteiger partial charge in [0, 0.05) is 22.3 Å². The van der Waals surface area contributed by atoms with Crippen molar-refractivity contribution in [2.24, 2.45) is 5.92 Å². The van der Waals surface area contributed by atoms with Crippen molar-refractivity contribution in [2.45, 2.75) is 20.8 Å². The lowest BCUT2D eigenvalue weighted by Crippen LogP contribution is -2.31. The number of amides is 2. The quantitative estimate of drug-likeness (QED) is 0.776. The molecule has 0 unspecified atom stereocenters. The molecule has 0 spiro atoms. The Labute approximate surface area is 145 Å². The molecule has 0 bridgehead atoms. The highest BCUT2D eigenvalue weighted by Crippen LogP contribution is 2.39. The highest BCUT2D eigenvalue weighted by Gasteiger charge is 2.20. The lowest BCUT2D eigenvalue weighted by molar-refractivity contribution is 0.0602. The summed E-state index contributed by atoms with van der Waals surface area (Å²) in [5, 5.41) is 6.37. The molecular formula is C17H22N2O4S. The predicted molar refractivity (Wildman–Crippen MR) is 96.2 cm³/mol. The highest BCUT2D eigenvalue weighted by atomic mass is 32.1. The Morgan fingerprint density at radius 1 is 1.29 bits per heavy atom. The Morgan fingerprint density at radius 3 is 2.67 bits per heavy atom. The Balaban J connectivity index is 2.30. The molecule has 0 fully saturated rings. The summed E-state index contributed by atoms with van der Waals surface area (Å²) in [7, 11) is 1.34. The zero-order valence-electron chi connectivity index (χ0n) is 14.3. The third kappa shape index (κ3) is 4.17. The smallest absolute Gasteiger partial charge is 0.351 e.